The summed E-state index contributed by atoms with van der Waals surface area (Å²) in [5, 5.41) is 7.78. The molecule has 27 heavy (non-hydrogen) atoms. The molecule has 0 unspecified atom stereocenters. The van der Waals surface area contributed by atoms with Crippen LogP contribution in [0, 0.1) is 17.5 Å². The highest BCUT2D eigenvalue weighted by Crippen LogP contribution is 2.43. The third-order valence-corrected chi connectivity index (χ3v) is 5.56. The maximum atomic E-state index is 13.9. The van der Waals surface area contributed by atoms with Gasteiger partial charge in [-0.1, -0.05) is 13.8 Å². The molecule has 4 nitrogen and oxygen atoms in total. The maximum Gasteiger partial charge on any atom is 0.201 e. The molecule has 4 rings (SSSR count). The largest absolute Gasteiger partial charge is 0.274 e. The monoisotopic (exact) mass is 370 g/mol. The predicted octanol–water partition coefficient (Wildman–Crippen LogP) is 4.35. The lowest BCUT2D eigenvalue weighted by Crippen LogP contribution is -2.46. The van der Waals surface area contributed by atoms with Crippen molar-refractivity contribution in [1.82, 2.24) is 15.2 Å². The average Bonchev–Trinajstić information content (AvgIpc) is 2.62. The van der Waals surface area contributed by atoms with Crippen LogP contribution in [-0.2, 0) is 5.41 Å². The fourth-order valence-corrected chi connectivity index (χ4v) is 3.27. The number of halogens is 3. The van der Waals surface area contributed by atoms with Gasteiger partial charge in [0.2, 0.25) is 5.82 Å². The van der Waals surface area contributed by atoms with E-state index in [0.717, 1.165) is 11.6 Å². The number of hydrogen-bond acceptors (Lipinski definition) is 4. The lowest BCUT2D eigenvalue weighted by Gasteiger charge is -2.44. The Kier molecular flexibility index (Phi) is 3.63. The number of rotatable bonds is 1. The van der Waals surface area contributed by atoms with Gasteiger partial charge in [0.15, 0.2) is 17.2 Å². The Morgan fingerprint density at radius 1 is 0.889 bits per heavy atom. The highest BCUT2D eigenvalue weighted by atomic mass is 19.2. The summed E-state index contributed by atoms with van der Waals surface area (Å²) >= 11 is 0. The summed E-state index contributed by atoms with van der Waals surface area (Å²) < 4.78 is 41.2. The summed E-state index contributed by atoms with van der Waals surface area (Å²) in [6.07, 6.45) is 0. The molecule has 2 aromatic carbocycles. The van der Waals surface area contributed by atoms with E-state index in [9.17, 15) is 13.2 Å². The van der Waals surface area contributed by atoms with Crippen molar-refractivity contribution in [2.24, 2.45) is 4.99 Å². The van der Waals surface area contributed by atoms with Gasteiger partial charge >= 0.3 is 0 Å². The molecule has 0 fully saturated rings. The SMILES string of the molecule is CC1(C)N=C(c2nnc3c(F)c(F)ccc3n2)c2ccc(F)cc2C1(C)C. The number of hydrogen-bond donors (Lipinski definition) is 0. The van der Waals surface area contributed by atoms with Crippen LogP contribution in [0.3, 0.4) is 0 Å². The summed E-state index contributed by atoms with van der Waals surface area (Å²) in [7, 11) is 0. The quantitative estimate of drug-likeness (QED) is 0.640. The van der Waals surface area contributed by atoms with E-state index in [2.05, 4.69) is 15.2 Å². The summed E-state index contributed by atoms with van der Waals surface area (Å²) in [5.74, 6) is -2.25. The van der Waals surface area contributed by atoms with E-state index in [-0.39, 0.29) is 22.7 Å². The molecule has 0 N–H and O–H groups in total. The van der Waals surface area contributed by atoms with Crippen LogP contribution in [0.1, 0.15) is 44.6 Å². The van der Waals surface area contributed by atoms with Gasteiger partial charge in [0, 0.05) is 11.0 Å². The molecule has 138 valence electrons. The van der Waals surface area contributed by atoms with Crippen molar-refractivity contribution in [3.63, 3.8) is 0 Å². The average molecular weight is 370 g/mol. The van der Waals surface area contributed by atoms with Gasteiger partial charge in [-0.05, 0) is 49.7 Å². The molecule has 1 aromatic heterocycles. The van der Waals surface area contributed by atoms with Crippen molar-refractivity contribution in [2.45, 2.75) is 38.6 Å². The van der Waals surface area contributed by atoms with Crippen LogP contribution in [0.25, 0.3) is 11.0 Å². The zero-order chi connectivity index (χ0) is 19.6. The predicted molar refractivity (Wildman–Crippen MR) is 96.4 cm³/mol. The van der Waals surface area contributed by atoms with Crippen LogP contribution in [-0.4, -0.2) is 26.4 Å². The molecule has 0 amide bonds. The molecule has 0 atom stereocenters. The molecule has 1 aliphatic rings. The Morgan fingerprint density at radius 2 is 1.63 bits per heavy atom. The Balaban J connectivity index is 1.97. The summed E-state index contributed by atoms with van der Waals surface area (Å²) in [6, 6.07) is 6.83. The minimum Gasteiger partial charge on any atom is -0.274 e. The Labute approximate surface area is 154 Å². The zero-order valence-electron chi connectivity index (χ0n) is 15.3. The Hall–Kier alpha value is -2.83. The molecular weight excluding hydrogens is 353 g/mol. The van der Waals surface area contributed by atoms with Gasteiger partial charge in [-0.25, -0.2) is 18.2 Å². The number of aromatic nitrogens is 3. The van der Waals surface area contributed by atoms with E-state index in [0.29, 0.717) is 11.3 Å². The first-order valence-electron chi connectivity index (χ1n) is 8.51. The first-order chi connectivity index (χ1) is 12.6. The number of fused-ring (bicyclic) bond motifs is 2. The minimum atomic E-state index is -1.09. The fourth-order valence-electron chi connectivity index (χ4n) is 3.27. The standard InChI is InChI=1S/C20H17F3N4/c1-19(2)12-9-10(21)5-6-11(12)16(25-20(19,3)4)18-24-14-8-7-13(22)15(23)17(14)26-27-18/h5-9H,1-4H3. The lowest BCUT2D eigenvalue weighted by atomic mass is 9.66. The minimum absolute atomic E-state index is 0.174. The maximum absolute atomic E-state index is 13.9. The van der Waals surface area contributed by atoms with Gasteiger partial charge in [0.25, 0.3) is 0 Å². The smallest absolute Gasteiger partial charge is 0.201 e. The molecule has 0 bridgehead atoms. The van der Waals surface area contributed by atoms with E-state index in [4.69, 9.17) is 4.99 Å². The molecule has 0 spiro atoms. The lowest BCUT2D eigenvalue weighted by molar-refractivity contribution is 0.302. The van der Waals surface area contributed by atoms with Crippen LogP contribution in [0.4, 0.5) is 13.2 Å². The normalized spacial score (nSPS) is 17.5. The van der Waals surface area contributed by atoms with Gasteiger partial charge < -0.3 is 0 Å². The molecule has 7 heteroatoms. The Bertz CT molecular complexity index is 1120. The molecule has 0 saturated carbocycles. The number of benzene rings is 2. The second-order valence-corrected chi connectivity index (χ2v) is 7.70. The third-order valence-electron chi connectivity index (χ3n) is 5.56. The number of aliphatic imine (C=N–C) groups is 1. The molecule has 2 heterocycles. The van der Waals surface area contributed by atoms with Crippen LogP contribution >= 0.6 is 0 Å². The first-order valence-corrected chi connectivity index (χ1v) is 8.51. The summed E-state index contributed by atoms with van der Waals surface area (Å²) in [4.78, 5) is 9.15. The highest BCUT2D eigenvalue weighted by Gasteiger charge is 2.44. The highest BCUT2D eigenvalue weighted by molar-refractivity contribution is 6.13. The Morgan fingerprint density at radius 3 is 2.37 bits per heavy atom. The van der Waals surface area contributed by atoms with Gasteiger partial charge in [-0.3, -0.25) is 4.99 Å². The van der Waals surface area contributed by atoms with E-state index in [1.54, 1.807) is 6.07 Å². The van der Waals surface area contributed by atoms with Crippen molar-refractivity contribution in [2.75, 3.05) is 0 Å². The van der Waals surface area contributed by atoms with E-state index >= 15 is 0 Å². The zero-order valence-corrected chi connectivity index (χ0v) is 15.3. The molecule has 0 aliphatic carbocycles. The second-order valence-electron chi connectivity index (χ2n) is 7.70. The topological polar surface area (TPSA) is 51.0 Å². The molecular formula is C20H17F3N4. The van der Waals surface area contributed by atoms with Crippen molar-refractivity contribution >= 4 is 16.7 Å². The van der Waals surface area contributed by atoms with Crippen molar-refractivity contribution in [3.8, 4) is 0 Å². The van der Waals surface area contributed by atoms with Gasteiger partial charge in [0.05, 0.1) is 11.1 Å². The van der Waals surface area contributed by atoms with E-state index < -0.39 is 22.6 Å². The summed E-state index contributed by atoms with van der Waals surface area (Å²) in [6.45, 7) is 7.90. The van der Waals surface area contributed by atoms with Gasteiger partial charge in [-0.15, -0.1) is 10.2 Å². The van der Waals surface area contributed by atoms with Crippen LogP contribution < -0.4 is 0 Å². The molecule has 0 radical (unpaired) electrons. The fraction of sp³-hybridized carbons (Fsp3) is 0.300. The van der Waals surface area contributed by atoms with Crippen molar-refractivity contribution in [1.29, 1.82) is 0 Å². The first kappa shape index (κ1) is 17.6. The van der Waals surface area contributed by atoms with Gasteiger partial charge in [0.1, 0.15) is 11.5 Å². The van der Waals surface area contributed by atoms with Crippen LogP contribution in [0.2, 0.25) is 0 Å². The van der Waals surface area contributed by atoms with E-state index in [1.165, 1.54) is 18.2 Å². The number of nitrogens with zero attached hydrogens (tertiary/aromatic N) is 4. The third kappa shape index (κ3) is 2.52. The molecule has 3 aromatic rings. The molecule has 0 saturated heterocycles. The van der Waals surface area contributed by atoms with Crippen molar-refractivity contribution in [3.05, 3.63) is 64.7 Å². The van der Waals surface area contributed by atoms with Crippen LogP contribution in [0.5, 0.6) is 0 Å². The molecule has 1 aliphatic heterocycles. The van der Waals surface area contributed by atoms with Crippen molar-refractivity contribution < 1.29 is 13.2 Å². The summed E-state index contributed by atoms with van der Waals surface area (Å²) in [5.41, 5.74) is 0.856. The van der Waals surface area contributed by atoms with E-state index in [1.807, 2.05) is 27.7 Å². The second kappa shape index (κ2) is 5.58. The van der Waals surface area contributed by atoms with Gasteiger partial charge in [-0.2, -0.15) is 0 Å². The van der Waals surface area contributed by atoms with Crippen LogP contribution in [0.15, 0.2) is 35.3 Å².